The Morgan fingerprint density at radius 2 is 2.03 bits per heavy atom. The fourth-order valence-corrected chi connectivity index (χ4v) is 4.99. The van der Waals surface area contributed by atoms with E-state index in [1.807, 2.05) is 13.0 Å². The molecule has 0 radical (unpaired) electrons. The number of benzene rings is 1. The van der Waals surface area contributed by atoms with Crippen LogP contribution in [0.25, 0.3) is 21.9 Å². The maximum atomic E-state index is 15.5. The molecular formula is C26H26FN7O3. The van der Waals surface area contributed by atoms with E-state index in [2.05, 4.69) is 20.4 Å². The van der Waals surface area contributed by atoms with Gasteiger partial charge in [0.05, 0.1) is 18.4 Å². The van der Waals surface area contributed by atoms with Gasteiger partial charge in [0, 0.05) is 72.7 Å². The highest BCUT2D eigenvalue weighted by atomic mass is 19.1. The molecule has 0 aliphatic carbocycles. The van der Waals surface area contributed by atoms with Gasteiger partial charge in [-0.1, -0.05) is 0 Å². The van der Waals surface area contributed by atoms with Crippen LogP contribution in [0.4, 0.5) is 21.7 Å². The minimum Gasteiger partial charge on any atom is -0.477 e. The molecule has 0 spiro atoms. The number of nitrogens with zero attached hydrogens (tertiary/aromatic N) is 5. The number of fused-ring (bicyclic) bond motifs is 3. The molecule has 0 saturated carbocycles. The summed E-state index contributed by atoms with van der Waals surface area (Å²) in [5, 5.41) is 19.4. The van der Waals surface area contributed by atoms with E-state index in [1.165, 1.54) is 6.20 Å². The van der Waals surface area contributed by atoms with Gasteiger partial charge in [0.25, 0.3) is 0 Å². The fraction of sp³-hybridized carbons (Fsp3) is 0.308. The molecule has 0 saturated heterocycles. The number of pyridine rings is 2. The lowest BCUT2D eigenvalue weighted by atomic mass is 9.92. The monoisotopic (exact) mass is 503 g/mol. The molecule has 5 heterocycles. The molecule has 1 atom stereocenters. The summed E-state index contributed by atoms with van der Waals surface area (Å²) in [4.78, 5) is 22.6. The van der Waals surface area contributed by atoms with Crippen molar-refractivity contribution < 1.29 is 19.0 Å². The van der Waals surface area contributed by atoms with Gasteiger partial charge in [-0.15, -0.1) is 0 Å². The van der Waals surface area contributed by atoms with Crippen LogP contribution in [0.1, 0.15) is 29.3 Å². The first-order chi connectivity index (χ1) is 17.8. The van der Waals surface area contributed by atoms with Crippen molar-refractivity contribution in [3.05, 3.63) is 53.2 Å². The van der Waals surface area contributed by atoms with Gasteiger partial charge in [0.1, 0.15) is 12.4 Å². The van der Waals surface area contributed by atoms with Crippen LogP contribution in [0.2, 0.25) is 0 Å². The van der Waals surface area contributed by atoms with Crippen LogP contribution < -0.4 is 15.8 Å². The van der Waals surface area contributed by atoms with Crippen molar-refractivity contribution in [3.8, 4) is 17.0 Å². The van der Waals surface area contributed by atoms with Crippen LogP contribution in [0.5, 0.6) is 5.88 Å². The first-order valence-electron chi connectivity index (χ1n) is 12.1. The van der Waals surface area contributed by atoms with Crippen molar-refractivity contribution >= 4 is 34.0 Å². The number of carbonyl (C=O) groups is 1. The first-order valence-corrected chi connectivity index (χ1v) is 12.1. The Labute approximate surface area is 211 Å². The predicted octanol–water partition coefficient (Wildman–Crippen LogP) is 3.10. The van der Waals surface area contributed by atoms with Crippen LogP contribution in [0, 0.1) is 12.7 Å². The number of anilines is 3. The predicted molar refractivity (Wildman–Crippen MR) is 136 cm³/mol. The number of aliphatic hydroxyl groups is 1. The Morgan fingerprint density at radius 1 is 1.19 bits per heavy atom. The third-order valence-corrected chi connectivity index (χ3v) is 7.14. The van der Waals surface area contributed by atoms with E-state index in [9.17, 15) is 9.90 Å². The molecule has 0 fully saturated rings. The summed E-state index contributed by atoms with van der Waals surface area (Å²) < 4.78 is 22.7. The summed E-state index contributed by atoms with van der Waals surface area (Å²) in [6, 6.07) is 5.38. The number of aliphatic hydroxyl groups excluding tert-OH is 1. The number of aromatic nitrogens is 4. The fourth-order valence-electron chi connectivity index (χ4n) is 4.99. The van der Waals surface area contributed by atoms with Crippen molar-refractivity contribution in [2.24, 2.45) is 0 Å². The Kier molecular flexibility index (Phi) is 5.45. The molecule has 0 unspecified atom stereocenters. The highest BCUT2D eigenvalue weighted by Gasteiger charge is 2.26. The lowest BCUT2D eigenvalue weighted by Gasteiger charge is -2.24. The van der Waals surface area contributed by atoms with E-state index in [0.717, 1.165) is 5.69 Å². The molecule has 10 nitrogen and oxygen atoms in total. The molecule has 4 aromatic rings. The lowest BCUT2D eigenvalue weighted by Crippen LogP contribution is -2.29. The zero-order chi connectivity index (χ0) is 25.8. The molecule has 190 valence electrons. The smallest absolute Gasteiger partial charge is 0.244 e. The second-order valence-electron chi connectivity index (χ2n) is 9.48. The van der Waals surface area contributed by atoms with E-state index in [0.29, 0.717) is 71.0 Å². The number of hydrogen-bond donors (Lipinski definition) is 3. The zero-order valence-electron chi connectivity index (χ0n) is 20.5. The SMILES string of the molecule is Cc1c(-c2cc3cc(Nc4cc5n(n4)CC(=O)N(C)CC5)ncc3c(N)c2F)cnc2c1[C@H](O)CCO2. The number of hydrogen-bond acceptors (Lipinski definition) is 8. The van der Waals surface area contributed by atoms with Gasteiger partial charge in [-0.05, 0) is 30.0 Å². The van der Waals surface area contributed by atoms with Crippen molar-refractivity contribution in [1.82, 2.24) is 24.6 Å². The minimum atomic E-state index is -0.724. The van der Waals surface area contributed by atoms with Crippen LogP contribution in [0.3, 0.4) is 0 Å². The second kappa shape index (κ2) is 8.70. The van der Waals surface area contributed by atoms with Gasteiger partial charge in [-0.2, -0.15) is 5.10 Å². The quantitative estimate of drug-likeness (QED) is 0.364. The molecule has 37 heavy (non-hydrogen) atoms. The number of nitrogens with two attached hydrogens (primary N) is 1. The third-order valence-electron chi connectivity index (χ3n) is 7.14. The van der Waals surface area contributed by atoms with E-state index >= 15 is 4.39 Å². The molecule has 1 amide bonds. The number of nitrogens with one attached hydrogen (secondary N) is 1. The molecule has 4 N–H and O–H groups in total. The molecule has 1 aromatic carbocycles. The molecule has 2 aliphatic rings. The lowest BCUT2D eigenvalue weighted by molar-refractivity contribution is -0.130. The maximum Gasteiger partial charge on any atom is 0.244 e. The van der Waals surface area contributed by atoms with E-state index in [-0.39, 0.29) is 23.7 Å². The van der Waals surface area contributed by atoms with Crippen molar-refractivity contribution in [2.45, 2.75) is 32.4 Å². The largest absolute Gasteiger partial charge is 0.477 e. The summed E-state index contributed by atoms with van der Waals surface area (Å²) in [6.45, 7) is 3.02. The number of likely N-dealkylation sites (N-methyl/N-ethyl adjacent to an activating group) is 1. The number of rotatable bonds is 3. The number of carbonyl (C=O) groups excluding carboxylic acids is 1. The molecule has 0 bridgehead atoms. The second-order valence-corrected chi connectivity index (χ2v) is 9.48. The summed E-state index contributed by atoms with van der Waals surface area (Å²) in [7, 11) is 1.79. The van der Waals surface area contributed by atoms with E-state index < -0.39 is 11.9 Å². The van der Waals surface area contributed by atoms with Crippen molar-refractivity contribution in [2.75, 3.05) is 31.2 Å². The zero-order valence-corrected chi connectivity index (χ0v) is 20.5. The minimum absolute atomic E-state index is 0.00769. The molecule has 2 aliphatic heterocycles. The van der Waals surface area contributed by atoms with Crippen LogP contribution in [-0.4, -0.2) is 55.9 Å². The summed E-state index contributed by atoms with van der Waals surface area (Å²) in [5.74, 6) is 0.882. The number of halogens is 1. The normalized spacial score (nSPS) is 17.2. The maximum absolute atomic E-state index is 15.5. The molecule has 6 rings (SSSR count). The van der Waals surface area contributed by atoms with Gasteiger partial charge in [0.15, 0.2) is 11.6 Å². The molecule has 3 aromatic heterocycles. The van der Waals surface area contributed by atoms with Gasteiger partial charge in [-0.3, -0.25) is 9.48 Å². The van der Waals surface area contributed by atoms with Gasteiger partial charge >= 0.3 is 0 Å². The highest BCUT2D eigenvalue weighted by molar-refractivity contribution is 5.98. The Morgan fingerprint density at radius 3 is 2.86 bits per heavy atom. The van der Waals surface area contributed by atoms with Gasteiger partial charge < -0.3 is 25.8 Å². The topological polar surface area (TPSA) is 131 Å². The third kappa shape index (κ3) is 3.91. The average molecular weight is 504 g/mol. The van der Waals surface area contributed by atoms with E-state index in [1.54, 1.807) is 35.0 Å². The average Bonchev–Trinajstić information content (AvgIpc) is 3.19. The number of amides is 1. The Bertz CT molecular complexity index is 1570. The molecular weight excluding hydrogens is 477 g/mol. The summed E-state index contributed by atoms with van der Waals surface area (Å²) >= 11 is 0. The number of nitrogen functional groups attached to an aromatic ring is 1. The molecule has 11 heteroatoms. The highest BCUT2D eigenvalue weighted by Crippen LogP contribution is 2.40. The van der Waals surface area contributed by atoms with Crippen LogP contribution >= 0.6 is 0 Å². The van der Waals surface area contributed by atoms with Gasteiger partial charge in [-0.25, -0.2) is 14.4 Å². The Hall–Kier alpha value is -4.25. The van der Waals surface area contributed by atoms with Gasteiger partial charge in [0.2, 0.25) is 11.8 Å². The van der Waals surface area contributed by atoms with Crippen LogP contribution in [-0.2, 0) is 17.8 Å². The van der Waals surface area contributed by atoms with Crippen LogP contribution in [0.15, 0.2) is 30.6 Å². The summed E-state index contributed by atoms with van der Waals surface area (Å²) in [5.41, 5.74) is 9.22. The Balaban J connectivity index is 1.37. The van der Waals surface area contributed by atoms with Crippen molar-refractivity contribution in [1.29, 1.82) is 0 Å². The summed E-state index contributed by atoms with van der Waals surface area (Å²) in [6.07, 6.45) is 3.50. The van der Waals surface area contributed by atoms with Crippen molar-refractivity contribution in [3.63, 3.8) is 0 Å². The van der Waals surface area contributed by atoms with E-state index in [4.69, 9.17) is 10.5 Å². The number of ether oxygens (including phenoxy) is 1. The standard InChI is InChI=1S/C26H26FN7O3/c1-13-17(10-30-26-23(13)19(35)4-6-37-26)16-7-14-8-20(29-11-18(14)25(28)24(16)27)31-21-9-15-3-5-33(2)22(36)12-34(15)32-21/h7-11,19,35H,3-6,12,28H2,1-2H3,(H,29,31,32)/t19-/m1/s1. The first kappa shape index (κ1) is 23.2.